The van der Waals surface area contributed by atoms with Gasteiger partial charge in [-0.05, 0) is 30.7 Å². The zero-order valence-corrected chi connectivity index (χ0v) is 10.4. The summed E-state index contributed by atoms with van der Waals surface area (Å²) < 4.78 is 38.5. The number of hydrogen-bond donors (Lipinski definition) is 0. The fourth-order valence-electron chi connectivity index (χ4n) is 1.51. The SMILES string of the molecule is Cc1ccccc1Sc1[c]cccc1C(F)(F)F. The summed E-state index contributed by atoms with van der Waals surface area (Å²) in [5, 5.41) is 0. The van der Waals surface area contributed by atoms with Crippen LogP contribution in [0.3, 0.4) is 0 Å². The lowest BCUT2D eigenvalue weighted by Crippen LogP contribution is -2.06. The first-order valence-corrected chi connectivity index (χ1v) is 6.11. The highest BCUT2D eigenvalue weighted by molar-refractivity contribution is 7.99. The molecule has 0 aliphatic rings. The third-order valence-corrected chi connectivity index (χ3v) is 3.65. The van der Waals surface area contributed by atoms with Gasteiger partial charge in [-0.25, -0.2) is 0 Å². The van der Waals surface area contributed by atoms with E-state index in [4.69, 9.17) is 0 Å². The van der Waals surface area contributed by atoms with Gasteiger partial charge in [0.15, 0.2) is 0 Å². The maximum absolute atomic E-state index is 12.8. The summed E-state index contributed by atoms with van der Waals surface area (Å²) in [5.74, 6) is 0. The van der Waals surface area contributed by atoms with Crippen LogP contribution in [0.5, 0.6) is 0 Å². The third kappa shape index (κ3) is 2.88. The van der Waals surface area contributed by atoms with Crippen LogP contribution in [-0.2, 0) is 6.18 Å². The summed E-state index contributed by atoms with van der Waals surface area (Å²) in [6, 6.07) is 13.9. The molecule has 0 saturated heterocycles. The molecule has 2 aromatic rings. The van der Waals surface area contributed by atoms with Crippen molar-refractivity contribution < 1.29 is 13.2 Å². The molecule has 0 aromatic heterocycles. The van der Waals surface area contributed by atoms with E-state index in [1.54, 1.807) is 6.07 Å². The van der Waals surface area contributed by atoms with Crippen LogP contribution < -0.4 is 0 Å². The van der Waals surface area contributed by atoms with Crippen LogP contribution in [0.2, 0.25) is 0 Å². The van der Waals surface area contributed by atoms with Crippen molar-refractivity contribution in [1.82, 2.24) is 0 Å². The highest BCUT2D eigenvalue weighted by atomic mass is 32.2. The number of halogens is 3. The minimum atomic E-state index is -4.34. The van der Waals surface area contributed by atoms with Crippen molar-refractivity contribution in [1.29, 1.82) is 0 Å². The van der Waals surface area contributed by atoms with Gasteiger partial charge in [0.1, 0.15) is 0 Å². The molecule has 0 N–H and O–H groups in total. The molecule has 0 nitrogen and oxygen atoms in total. The number of aryl methyl sites for hydroxylation is 1. The molecule has 0 amide bonds. The second-order valence-electron chi connectivity index (χ2n) is 3.78. The van der Waals surface area contributed by atoms with Crippen LogP contribution in [-0.4, -0.2) is 0 Å². The van der Waals surface area contributed by atoms with E-state index >= 15 is 0 Å². The summed E-state index contributed by atoms with van der Waals surface area (Å²) in [5.41, 5.74) is 0.311. The maximum Gasteiger partial charge on any atom is 0.417 e. The number of benzene rings is 2. The fourth-order valence-corrected chi connectivity index (χ4v) is 2.53. The molecule has 0 heterocycles. The number of rotatable bonds is 2. The van der Waals surface area contributed by atoms with Crippen molar-refractivity contribution >= 4 is 11.8 Å². The lowest BCUT2D eigenvalue weighted by atomic mass is 10.2. The van der Waals surface area contributed by atoms with Crippen LogP contribution in [0.4, 0.5) is 13.2 Å². The molecule has 0 atom stereocenters. The molecular formula is C14H10F3S. The molecule has 4 heteroatoms. The Morgan fingerprint density at radius 1 is 1.06 bits per heavy atom. The van der Waals surface area contributed by atoms with Crippen LogP contribution >= 0.6 is 11.8 Å². The molecule has 2 rings (SSSR count). The van der Waals surface area contributed by atoms with Crippen LogP contribution in [0.1, 0.15) is 11.1 Å². The van der Waals surface area contributed by atoms with Crippen LogP contribution in [0, 0.1) is 13.0 Å². The summed E-state index contributed by atoms with van der Waals surface area (Å²) in [6.07, 6.45) is -4.34. The van der Waals surface area contributed by atoms with Gasteiger partial charge in [0.05, 0.1) is 5.56 Å². The second-order valence-corrected chi connectivity index (χ2v) is 4.83. The smallest absolute Gasteiger partial charge is 0.166 e. The number of hydrogen-bond acceptors (Lipinski definition) is 1. The summed E-state index contributed by atoms with van der Waals surface area (Å²) in [4.78, 5) is 0.921. The van der Waals surface area contributed by atoms with E-state index in [2.05, 4.69) is 6.07 Å². The quantitative estimate of drug-likeness (QED) is 0.740. The third-order valence-electron chi connectivity index (χ3n) is 2.43. The highest BCUT2D eigenvalue weighted by Gasteiger charge is 2.33. The molecule has 2 aromatic carbocycles. The fraction of sp³-hybridized carbons (Fsp3) is 0.143. The van der Waals surface area contributed by atoms with Gasteiger partial charge in [-0.2, -0.15) is 13.2 Å². The Morgan fingerprint density at radius 3 is 2.44 bits per heavy atom. The van der Waals surface area contributed by atoms with Gasteiger partial charge in [-0.3, -0.25) is 0 Å². The van der Waals surface area contributed by atoms with Gasteiger partial charge in [0, 0.05) is 9.79 Å². The molecule has 1 radical (unpaired) electrons. The van der Waals surface area contributed by atoms with Gasteiger partial charge in [0.2, 0.25) is 0 Å². The summed E-state index contributed by atoms with van der Waals surface area (Å²) >= 11 is 1.09. The molecular weight excluding hydrogens is 257 g/mol. The van der Waals surface area contributed by atoms with Crippen LogP contribution in [0.25, 0.3) is 0 Å². The first-order chi connectivity index (χ1) is 8.48. The Bertz CT molecular complexity index is 547. The average Bonchev–Trinajstić information content (AvgIpc) is 2.31. The Hall–Kier alpha value is -1.42. The lowest BCUT2D eigenvalue weighted by Gasteiger charge is -2.12. The topological polar surface area (TPSA) is 0 Å². The Kier molecular flexibility index (Phi) is 3.66. The molecule has 0 unspecified atom stereocenters. The first-order valence-electron chi connectivity index (χ1n) is 5.30. The standard InChI is InChI=1S/C14H10F3S/c1-10-6-2-4-8-12(10)18-13-9-5-3-7-11(13)14(15,16)17/h2-8H,1H3. The molecule has 0 spiro atoms. The van der Waals surface area contributed by atoms with E-state index < -0.39 is 11.7 Å². The van der Waals surface area contributed by atoms with Gasteiger partial charge < -0.3 is 0 Å². The van der Waals surface area contributed by atoms with Crippen LogP contribution in [0.15, 0.2) is 52.3 Å². The van der Waals surface area contributed by atoms with Gasteiger partial charge >= 0.3 is 6.18 Å². The predicted molar refractivity (Wildman–Crippen MR) is 65.6 cm³/mol. The Morgan fingerprint density at radius 2 is 1.78 bits per heavy atom. The predicted octanol–water partition coefficient (Wildman–Crippen LogP) is 4.97. The monoisotopic (exact) mass is 267 g/mol. The lowest BCUT2D eigenvalue weighted by molar-refractivity contribution is -0.139. The molecule has 0 bridgehead atoms. The van der Waals surface area contributed by atoms with Gasteiger partial charge in [0.25, 0.3) is 0 Å². The maximum atomic E-state index is 12.8. The van der Waals surface area contributed by atoms with Gasteiger partial charge in [-0.1, -0.05) is 42.1 Å². The van der Waals surface area contributed by atoms with E-state index in [-0.39, 0.29) is 4.90 Å². The van der Waals surface area contributed by atoms with Crippen molar-refractivity contribution in [3.8, 4) is 0 Å². The Balaban J connectivity index is 2.39. The van der Waals surface area contributed by atoms with Gasteiger partial charge in [-0.15, -0.1) is 0 Å². The normalized spacial score (nSPS) is 11.6. The summed E-state index contributed by atoms with van der Waals surface area (Å²) in [7, 11) is 0. The molecule has 0 saturated carbocycles. The minimum Gasteiger partial charge on any atom is -0.166 e. The first kappa shape index (κ1) is 13.0. The van der Waals surface area contributed by atoms with E-state index in [1.807, 2.05) is 25.1 Å². The summed E-state index contributed by atoms with van der Waals surface area (Å²) in [6.45, 7) is 1.87. The molecule has 0 aliphatic heterocycles. The number of alkyl halides is 3. The second kappa shape index (κ2) is 5.06. The molecule has 18 heavy (non-hydrogen) atoms. The largest absolute Gasteiger partial charge is 0.417 e. The van der Waals surface area contributed by atoms with E-state index in [1.165, 1.54) is 12.1 Å². The molecule has 0 aliphatic carbocycles. The van der Waals surface area contributed by atoms with E-state index in [0.717, 1.165) is 28.3 Å². The zero-order valence-electron chi connectivity index (χ0n) is 9.58. The molecule has 93 valence electrons. The zero-order chi connectivity index (χ0) is 13.2. The minimum absolute atomic E-state index is 0.110. The van der Waals surface area contributed by atoms with Crippen molar-refractivity contribution in [2.75, 3.05) is 0 Å². The van der Waals surface area contributed by atoms with Crippen molar-refractivity contribution in [3.63, 3.8) is 0 Å². The highest BCUT2D eigenvalue weighted by Crippen LogP contribution is 2.39. The van der Waals surface area contributed by atoms with E-state index in [9.17, 15) is 13.2 Å². The molecule has 0 fully saturated rings. The Labute approximate surface area is 108 Å². The van der Waals surface area contributed by atoms with Crippen molar-refractivity contribution in [2.24, 2.45) is 0 Å². The van der Waals surface area contributed by atoms with E-state index in [0.29, 0.717) is 0 Å². The van der Waals surface area contributed by atoms with Crippen molar-refractivity contribution in [3.05, 3.63) is 59.7 Å². The van der Waals surface area contributed by atoms with Crippen molar-refractivity contribution in [2.45, 2.75) is 22.9 Å². The average molecular weight is 267 g/mol.